The molecule has 4 aromatic rings. The largest absolute Gasteiger partial charge is 0.355 e. The second kappa shape index (κ2) is 7.12. The Morgan fingerprint density at radius 3 is 2.70 bits per heavy atom. The fourth-order valence-electron chi connectivity index (χ4n) is 2.68. The summed E-state index contributed by atoms with van der Waals surface area (Å²) in [5.41, 5.74) is 3.23. The van der Waals surface area contributed by atoms with Crippen molar-refractivity contribution in [1.29, 1.82) is 0 Å². The topological polar surface area (TPSA) is 108 Å². The Morgan fingerprint density at radius 1 is 1.04 bits per heavy atom. The number of nitrogens with zero attached hydrogens (tertiary/aromatic N) is 3. The molecule has 8 heteroatoms. The number of carbonyl (C=O) groups excluding carboxylic acids is 1. The number of aromatic amines is 1. The molecule has 0 radical (unpaired) electrons. The summed E-state index contributed by atoms with van der Waals surface area (Å²) < 4.78 is 0. The lowest BCUT2D eigenvalue weighted by Crippen LogP contribution is -2.17. The Hall–Kier alpha value is -3.94. The molecule has 8 nitrogen and oxygen atoms in total. The highest BCUT2D eigenvalue weighted by atomic mass is 16.1. The lowest BCUT2D eigenvalue weighted by Gasteiger charge is -2.09. The molecular formula is C19H17N7O. The van der Waals surface area contributed by atoms with E-state index in [1.807, 2.05) is 18.2 Å². The fraction of sp³-hybridized carbons (Fsp3) is 0.0526. The molecule has 1 amide bonds. The van der Waals surface area contributed by atoms with Crippen molar-refractivity contribution in [2.45, 2.75) is 0 Å². The number of rotatable bonds is 5. The van der Waals surface area contributed by atoms with Gasteiger partial charge in [0.25, 0.3) is 5.91 Å². The number of benzene rings is 2. The summed E-state index contributed by atoms with van der Waals surface area (Å²) in [6, 6.07) is 14.7. The summed E-state index contributed by atoms with van der Waals surface area (Å²) in [6.45, 7) is 0. The highest BCUT2D eigenvalue weighted by Gasteiger charge is 2.06. The predicted molar refractivity (Wildman–Crippen MR) is 105 cm³/mol. The minimum atomic E-state index is -0.127. The maximum Gasteiger partial charge on any atom is 0.251 e. The number of hydrogen-bond acceptors (Lipinski definition) is 6. The summed E-state index contributed by atoms with van der Waals surface area (Å²) in [6.07, 6.45) is 3.44. The van der Waals surface area contributed by atoms with Crippen molar-refractivity contribution in [2.75, 3.05) is 17.7 Å². The molecule has 2 aromatic carbocycles. The molecule has 27 heavy (non-hydrogen) atoms. The molecule has 0 saturated heterocycles. The van der Waals surface area contributed by atoms with Crippen molar-refractivity contribution in [3.63, 3.8) is 0 Å². The van der Waals surface area contributed by atoms with Crippen LogP contribution in [-0.2, 0) is 0 Å². The first-order chi connectivity index (χ1) is 13.2. The maximum atomic E-state index is 11.6. The summed E-state index contributed by atoms with van der Waals surface area (Å²) in [5, 5.41) is 17.0. The van der Waals surface area contributed by atoms with E-state index in [1.165, 1.54) is 0 Å². The average Bonchev–Trinajstić information content (AvgIpc) is 3.18. The van der Waals surface area contributed by atoms with Gasteiger partial charge < -0.3 is 16.0 Å². The normalized spacial score (nSPS) is 10.6. The fourth-order valence-corrected chi connectivity index (χ4v) is 2.68. The molecule has 4 N–H and O–H groups in total. The Balaban J connectivity index is 1.52. The quantitative estimate of drug-likeness (QED) is 0.436. The molecule has 0 saturated carbocycles. The zero-order valence-corrected chi connectivity index (χ0v) is 14.5. The SMILES string of the molecule is CNC(=O)c1ccc(Nc2nccc(Nc3cccc4[nH]ncc34)n2)cc1. The van der Waals surface area contributed by atoms with E-state index in [2.05, 4.69) is 36.1 Å². The second-order valence-corrected chi connectivity index (χ2v) is 5.81. The molecule has 0 fully saturated rings. The van der Waals surface area contributed by atoms with Gasteiger partial charge in [0.05, 0.1) is 17.4 Å². The van der Waals surface area contributed by atoms with Crippen molar-refractivity contribution in [1.82, 2.24) is 25.5 Å². The van der Waals surface area contributed by atoms with E-state index in [0.29, 0.717) is 17.3 Å². The first-order valence-corrected chi connectivity index (χ1v) is 8.34. The zero-order chi connectivity index (χ0) is 18.6. The van der Waals surface area contributed by atoms with Crippen LogP contribution in [0.15, 0.2) is 60.9 Å². The van der Waals surface area contributed by atoms with E-state index < -0.39 is 0 Å². The van der Waals surface area contributed by atoms with E-state index in [0.717, 1.165) is 22.3 Å². The molecule has 0 aliphatic rings. The summed E-state index contributed by atoms with van der Waals surface area (Å²) in [7, 11) is 1.60. The van der Waals surface area contributed by atoms with Gasteiger partial charge in [0.15, 0.2) is 0 Å². The van der Waals surface area contributed by atoms with Gasteiger partial charge >= 0.3 is 0 Å². The van der Waals surface area contributed by atoms with E-state index >= 15 is 0 Å². The highest BCUT2D eigenvalue weighted by Crippen LogP contribution is 2.24. The number of nitrogens with one attached hydrogen (secondary N) is 4. The van der Waals surface area contributed by atoms with Crippen molar-refractivity contribution in [3.05, 3.63) is 66.5 Å². The van der Waals surface area contributed by atoms with Crippen LogP contribution >= 0.6 is 0 Å². The molecule has 2 heterocycles. The monoisotopic (exact) mass is 359 g/mol. The molecule has 0 aliphatic heterocycles. The van der Waals surface area contributed by atoms with Crippen LogP contribution in [0.2, 0.25) is 0 Å². The summed E-state index contributed by atoms with van der Waals surface area (Å²) in [4.78, 5) is 20.3. The third-order valence-corrected chi connectivity index (χ3v) is 4.03. The molecule has 0 atom stereocenters. The van der Waals surface area contributed by atoms with Crippen LogP contribution < -0.4 is 16.0 Å². The predicted octanol–water partition coefficient (Wildman–Crippen LogP) is 3.20. The molecule has 0 unspecified atom stereocenters. The number of fused-ring (bicyclic) bond motifs is 1. The minimum Gasteiger partial charge on any atom is -0.355 e. The van der Waals surface area contributed by atoms with E-state index in [4.69, 9.17) is 0 Å². The van der Waals surface area contributed by atoms with Gasteiger partial charge in [-0.25, -0.2) is 4.98 Å². The average molecular weight is 359 g/mol. The Bertz CT molecular complexity index is 1090. The molecule has 2 aromatic heterocycles. The van der Waals surface area contributed by atoms with Crippen LogP contribution in [0.4, 0.5) is 23.1 Å². The van der Waals surface area contributed by atoms with E-state index in [-0.39, 0.29) is 5.91 Å². The lowest BCUT2D eigenvalue weighted by atomic mass is 10.2. The van der Waals surface area contributed by atoms with Crippen LogP contribution in [0, 0.1) is 0 Å². The minimum absolute atomic E-state index is 0.127. The van der Waals surface area contributed by atoms with E-state index in [1.54, 1.807) is 49.8 Å². The number of hydrogen-bond donors (Lipinski definition) is 4. The van der Waals surface area contributed by atoms with Crippen LogP contribution in [0.3, 0.4) is 0 Å². The van der Waals surface area contributed by atoms with Gasteiger partial charge in [0.2, 0.25) is 5.95 Å². The molecule has 0 bridgehead atoms. The number of amides is 1. The third kappa shape index (κ3) is 3.54. The molecule has 0 aliphatic carbocycles. The van der Waals surface area contributed by atoms with Gasteiger partial charge in [0, 0.05) is 29.9 Å². The Labute approximate surface area is 155 Å². The number of anilines is 4. The van der Waals surface area contributed by atoms with Gasteiger partial charge in [-0.2, -0.15) is 10.1 Å². The lowest BCUT2D eigenvalue weighted by molar-refractivity contribution is 0.0963. The van der Waals surface area contributed by atoms with Crippen molar-refractivity contribution < 1.29 is 4.79 Å². The highest BCUT2D eigenvalue weighted by molar-refractivity contribution is 5.94. The smallest absolute Gasteiger partial charge is 0.251 e. The van der Waals surface area contributed by atoms with E-state index in [9.17, 15) is 4.79 Å². The van der Waals surface area contributed by atoms with Crippen molar-refractivity contribution >= 4 is 40.0 Å². The van der Waals surface area contributed by atoms with Crippen LogP contribution in [0.1, 0.15) is 10.4 Å². The van der Waals surface area contributed by atoms with Gasteiger partial charge in [0.1, 0.15) is 5.82 Å². The standard InChI is InChI=1S/C19H17N7O/c1-20-18(27)12-5-7-13(8-6-12)23-19-21-10-9-17(25-19)24-15-3-2-4-16-14(15)11-22-26-16/h2-11H,1H3,(H,20,27)(H,22,26)(H2,21,23,24,25). The van der Waals surface area contributed by atoms with Crippen molar-refractivity contribution in [3.8, 4) is 0 Å². The third-order valence-electron chi connectivity index (χ3n) is 4.03. The number of H-pyrrole nitrogens is 1. The van der Waals surface area contributed by atoms with Crippen LogP contribution in [-0.4, -0.2) is 33.1 Å². The maximum absolute atomic E-state index is 11.6. The summed E-state index contributed by atoms with van der Waals surface area (Å²) >= 11 is 0. The summed E-state index contributed by atoms with van der Waals surface area (Å²) in [5.74, 6) is 0.979. The van der Waals surface area contributed by atoms with Crippen LogP contribution in [0.25, 0.3) is 10.9 Å². The first-order valence-electron chi connectivity index (χ1n) is 8.34. The molecular weight excluding hydrogens is 342 g/mol. The van der Waals surface area contributed by atoms with Gasteiger partial charge in [-0.15, -0.1) is 0 Å². The zero-order valence-electron chi connectivity index (χ0n) is 14.5. The second-order valence-electron chi connectivity index (χ2n) is 5.81. The Kier molecular flexibility index (Phi) is 4.36. The van der Waals surface area contributed by atoms with Gasteiger partial charge in [-0.3, -0.25) is 9.89 Å². The molecule has 0 spiro atoms. The van der Waals surface area contributed by atoms with Gasteiger partial charge in [-0.05, 0) is 42.5 Å². The van der Waals surface area contributed by atoms with Gasteiger partial charge in [-0.1, -0.05) is 6.07 Å². The first kappa shape index (κ1) is 16.5. The molecule has 134 valence electrons. The van der Waals surface area contributed by atoms with Crippen molar-refractivity contribution in [2.24, 2.45) is 0 Å². The number of aromatic nitrogens is 4. The Morgan fingerprint density at radius 2 is 1.89 bits per heavy atom. The van der Waals surface area contributed by atoms with Crippen LogP contribution in [0.5, 0.6) is 0 Å². The molecule has 4 rings (SSSR count). The number of carbonyl (C=O) groups is 1.